The van der Waals surface area contributed by atoms with E-state index < -0.39 is 29.5 Å². The van der Waals surface area contributed by atoms with Crippen LogP contribution < -0.4 is 16.0 Å². The molecule has 0 unspecified atom stereocenters. The van der Waals surface area contributed by atoms with Gasteiger partial charge in [-0.05, 0) is 45.4 Å². The Morgan fingerprint density at radius 1 is 1.32 bits per heavy atom. The number of ether oxygens (including phenoxy) is 1. The zero-order valence-electron chi connectivity index (χ0n) is 14.6. The Balaban J connectivity index is 1.99. The molecule has 1 aliphatic rings. The highest BCUT2D eigenvalue weighted by atomic mass is 19.4. The van der Waals surface area contributed by atoms with Crippen LogP contribution in [0.4, 0.5) is 23.7 Å². The molecular formula is C17H24F3N3O2. The highest BCUT2D eigenvalue weighted by Gasteiger charge is 2.33. The number of rotatable bonds is 2. The van der Waals surface area contributed by atoms with Crippen LogP contribution in [0.2, 0.25) is 0 Å². The molecule has 1 aromatic carbocycles. The first-order valence-corrected chi connectivity index (χ1v) is 8.13. The summed E-state index contributed by atoms with van der Waals surface area (Å²) in [6, 6.07) is 4.49. The lowest BCUT2D eigenvalue weighted by molar-refractivity contribution is -0.137. The normalized spacial score (nSPS) is 21.8. The average molecular weight is 359 g/mol. The molecule has 140 valence electrons. The molecule has 0 saturated carbocycles. The number of nitrogens with two attached hydrogens (primary N) is 1. The molecule has 0 aliphatic carbocycles. The molecule has 8 heteroatoms. The van der Waals surface area contributed by atoms with Gasteiger partial charge >= 0.3 is 12.3 Å². The van der Waals surface area contributed by atoms with Gasteiger partial charge in [-0.3, -0.25) is 0 Å². The number of amides is 1. The summed E-state index contributed by atoms with van der Waals surface area (Å²) in [6.07, 6.45) is -4.40. The Kier molecular flexibility index (Phi) is 5.51. The molecule has 2 atom stereocenters. The van der Waals surface area contributed by atoms with E-state index in [0.29, 0.717) is 25.2 Å². The first-order valence-electron chi connectivity index (χ1n) is 8.13. The van der Waals surface area contributed by atoms with E-state index in [9.17, 15) is 18.0 Å². The maximum Gasteiger partial charge on any atom is 0.416 e. The van der Waals surface area contributed by atoms with Crippen molar-refractivity contribution in [2.75, 3.05) is 18.0 Å². The Morgan fingerprint density at radius 2 is 2.00 bits per heavy atom. The Bertz CT molecular complexity index is 614. The van der Waals surface area contributed by atoms with Gasteiger partial charge in [-0.2, -0.15) is 13.2 Å². The maximum absolute atomic E-state index is 12.8. The minimum Gasteiger partial charge on any atom is -0.444 e. The third kappa shape index (κ3) is 5.52. The number of benzene rings is 1. The largest absolute Gasteiger partial charge is 0.444 e. The first kappa shape index (κ1) is 19.4. The number of piperidine rings is 1. The van der Waals surface area contributed by atoms with Crippen molar-refractivity contribution in [1.82, 2.24) is 5.32 Å². The van der Waals surface area contributed by atoms with E-state index in [1.54, 1.807) is 31.7 Å². The highest BCUT2D eigenvalue weighted by Crippen LogP contribution is 2.32. The molecule has 0 aromatic heterocycles. The predicted molar refractivity (Wildman–Crippen MR) is 89.4 cm³/mol. The summed E-state index contributed by atoms with van der Waals surface area (Å²) in [5, 5.41) is 2.74. The van der Waals surface area contributed by atoms with Crippen LogP contribution in [0.3, 0.4) is 0 Å². The van der Waals surface area contributed by atoms with Gasteiger partial charge < -0.3 is 20.7 Å². The van der Waals surface area contributed by atoms with Gasteiger partial charge in [0.2, 0.25) is 0 Å². The summed E-state index contributed by atoms with van der Waals surface area (Å²) < 4.78 is 43.8. The van der Waals surface area contributed by atoms with Crippen molar-refractivity contribution < 1.29 is 22.7 Å². The van der Waals surface area contributed by atoms with Crippen molar-refractivity contribution in [1.29, 1.82) is 0 Å². The van der Waals surface area contributed by atoms with Crippen LogP contribution in [-0.4, -0.2) is 36.9 Å². The van der Waals surface area contributed by atoms with Crippen molar-refractivity contribution in [3.05, 3.63) is 29.8 Å². The second-order valence-corrected chi connectivity index (χ2v) is 7.20. The number of alkyl halides is 3. The van der Waals surface area contributed by atoms with Crippen LogP contribution >= 0.6 is 0 Å². The molecule has 1 fully saturated rings. The molecule has 3 N–H and O–H groups in total. The van der Waals surface area contributed by atoms with Crippen LogP contribution in [-0.2, 0) is 10.9 Å². The van der Waals surface area contributed by atoms with E-state index in [1.807, 2.05) is 0 Å². The van der Waals surface area contributed by atoms with Crippen LogP contribution in [0.15, 0.2) is 24.3 Å². The molecule has 1 aromatic rings. The van der Waals surface area contributed by atoms with Gasteiger partial charge in [0.05, 0.1) is 11.6 Å². The van der Waals surface area contributed by atoms with Crippen molar-refractivity contribution in [2.45, 2.75) is 51.1 Å². The van der Waals surface area contributed by atoms with Crippen LogP contribution in [0.25, 0.3) is 0 Å². The predicted octanol–water partition coefficient (Wildman–Crippen LogP) is 3.14. The number of hydrogen-bond acceptors (Lipinski definition) is 4. The van der Waals surface area contributed by atoms with Crippen molar-refractivity contribution in [2.24, 2.45) is 5.73 Å². The lowest BCUT2D eigenvalue weighted by atomic mass is 9.99. The zero-order valence-corrected chi connectivity index (χ0v) is 14.6. The molecule has 5 nitrogen and oxygen atoms in total. The van der Waals surface area contributed by atoms with Gasteiger partial charge in [0.25, 0.3) is 0 Å². The smallest absolute Gasteiger partial charge is 0.416 e. The SMILES string of the molecule is CC(C)(C)OC(=O)N[C@H]1CCN(c2cccc(C(F)(F)F)c2)C[C@@H]1N. The topological polar surface area (TPSA) is 67.6 Å². The summed E-state index contributed by atoms with van der Waals surface area (Å²) in [6.45, 7) is 6.14. The number of halogens is 3. The summed E-state index contributed by atoms with van der Waals surface area (Å²) in [5.41, 5.74) is 5.29. The van der Waals surface area contributed by atoms with Gasteiger partial charge in [-0.25, -0.2) is 4.79 Å². The van der Waals surface area contributed by atoms with Gasteiger partial charge in [-0.15, -0.1) is 0 Å². The Hall–Kier alpha value is -1.96. The number of nitrogens with one attached hydrogen (secondary N) is 1. The van der Waals surface area contributed by atoms with Crippen molar-refractivity contribution in [3.63, 3.8) is 0 Å². The summed E-state index contributed by atoms with van der Waals surface area (Å²) >= 11 is 0. The number of carbonyl (C=O) groups excluding carboxylic acids is 1. The number of nitrogens with zero attached hydrogens (tertiary/aromatic N) is 1. The van der Waals surface area contributed by atoms with E-state index in [0.717, 1.165) is 12.1 Å². The molecule has 1 heterocycles. The first-order chi connectivity index (χ1) is 11.5. The second-order valence-electron chi connectivity index (χ2n) is 7.20. The third-order valence-corrected chi connectivity index (χ3v) is 3.90. The zero-order chi connectivity index (χ0) is 18.8. The van der Waals surface area contributed by atoms with E-state index in [-0.39, 0.29) is 6.04 Å². The van der Waals surface area contributed by atoms with E-state index in [1.165, 1.54) is 6.07 Å². The molecule has 25 heavy (non-hydrogen) atoms. The third-order valence-electron chi connectivity index (χ3n) is 3.90. The van der Waals surface area contributed by atoms with Gasteiger partial charge in [0, 0.05) is 24.8 Å². The van der Waals surface area contributed by atoms with Crippen LogP contribution in [0.5, 0.6) is 0 Å². The van der Waals surface area contributed by atoms with Crippen molar-refractivity contribution in [3.8, 4) is 0 Å². The van der Waals surface area contributed by atoms with Crippen LogP contribution in [0, 0.1) is 0 Å². The molecule has 1 aliphatic heterocycles. The number of anilines is 1. The minimum atomic E-state index is -4.38. The lowest BCUT2D eigenvalue weighted by Crippen LogP contribution is -2.58. The molecule has 2 rings (SSSR count). The summed E-state index contributed by atoms with van der Waals surface area (Å²) in [7, 11) is 0. The van der Waals surface area contributed by atoms with Gasteiger partial charge in [-0.1, -0.05) is 6.07 Å². The average Bonchev–Trinajstić information content (AvgIpc) is 2.46. The Morgan fingerprint density at radius 3 is 2.56 bits per heavy atom. The fourth-order valence-electron chi connectivity index (χ4n) is 2.73. The molecule has 0 spiro atoms. The second kappa shape index (κ2) is 7.11. The monoisotopic (exact) mass is 359 g/mol. The van der Waals surface area contributed by atoms with Crippen LogP contribution in [0.1, 0.15) is 32.8 Å². The molecule has 1 amide bonds. The molecule has 0 bridgehead atoms. The van der Waals surface area contributed by atoms with E-state index in [4.69, 9.17) is 10.5 Å². The molecular weight excluding hydrogens is 335 g/mol. The maximum atomic E-state index is 12.8. The summed E-state index contributed by atoms with van der Waals surface area (Å²) in [5.74, 6) is 0. The highest BCUT2D eigenvalue weighted by molar-refractivity contribution is 5.68. The lowest BCUT2D eigenvalue weighted by Gasteiger charge is -2.38. The van der Waals surface area contributed by atoms with E-state index in [2.05, 4.69) is 5.32 Å². The molecule has 0 radical (unpaired) electrons. The number of hydrogen-bond donors (Lipinski definition) is 2. The standard InChI is InChI=1S/C17H24F3N3O2/c1-16(2,3)25-15(24)22-14-7-8-23(10-13(14)21)12-6-4-5-11(9-12)17(18,19)20/h4-6,9,13-14H,7-8,10,21H2,1-3H3,(H,22,24)/t13-,14-/m0/s1. The van der Waals surface area contributed by atoms with Gasteiger partial charge in [0.1, 0.15) is 5.60 Å². The summed E-state index contributed by atoms with van der Waals surface area (Å²) in [4.78, 5) is 13.7. The molecule has 1 saturated heterocycles. The number of alkyl carbamates (subject to hydrolysis) is 1. The Labute approximate surface area is 145 Å². The fraction of sp³-hybridized carbons (Fsp3) is 0.588. The fourth-order valence-corrected chi connectivity index (χ4v) is 2.73. The van der Waals surface area contributed by atoms with Gasteiger partial charge in [0.15, 0.2) is 0 Å². The quantitative estimate of drug-likeness (QED) is 0.851. The van der Waals surface area contributed by atoms with E-state index >= 15 is 0 Å². The minimum absolute atomic E-state index is 0.281. The van der Waals surface area contributed by atoms with Crippen molar-refractivity contribution >= 4 is 11.8 Å². The number of carbonyl (C=O) groups is 1.